The number of nitrogens with zero attached hydrogens (tertiary/aromatic N) is 5. The molecule has 2 aromatic rings. The van der Waals surface area contributed by atoms with Gasteiger partial charge in [-0.2, -0.15) is 0 Å². The zero-order valence-electron chi connectivity index (χ0n) is 26.2. The summed E-state index contributed by atoms with van der Waals surface area (Å²) in [6.45, 7) is 9.36. The van der Waals surface area contributed by atoms with Crippen molar-refractivity contribution in [2.75, 3.05) is 55.7 Å². The van der Waals surface area contributed by atoms with Crippen LogP contribution >= 0.6 is 0 Å². The maximum atomic E-state index is 13.2. The quantitative estimate of drug-likeness (QED) is 0.424. The minimum atomic E-state index is -3.36. The van der Waals surface area contributed by atoms with Crippen LogP contribution in [0.25, 0.3) is 0 Å². The number of piperidine rings is 2. The van der Waals surface area contributed by atoms with Crippen LogP contribution in [-0.4, -0.2) is 103 Å². The fraction of sp³-hybridized carbons (Fsp3) is 0.567. The lowest BCUT2D eigenvalue weighted by atomic mass is 9.72. The van der Waals surface area contributed by atoms with Gasteiger partial charge in [-0.25, -0.2) is 28.0 Å². The summed E-state index contributed by atoms with van der Waals surface area (Å²) in [6.07, 6.45) is 5.65. The van der Waals surface area contributed by atoms with Crippen molar-refractivity contribution >= 4 is 45.2 Å². The van der Waals surface area contributed by atoms with E-state index in [9.17, 15) is 22.8 Å². The fourth-order valence-corrected chi connectivity index (χ4v) is 6.64. The monoisotopic (exact) mass is 642 g/mol. The molecule has 3 aliphatic rings. The molecule has 1 aromatic heterocycles. The number of ether oxygens (including phenoxy) is 1. The van der Waals surface area contributed by atoms with E-state index in [1.165, 1.54) is 18.3 Å². The molecular formula is C30H42N8O6S. The van der Waals surface area contributed by atoms with E-state index in [2.05, 4.69) is 20.6 Å². The minimum absolute atomic E-state index is 0.0450. The summed E-state index contributed by atoms with van der Waals surface area (Å²) in [5.74, 6) is -0.0776. The normalized spacial score (nSPS) is 19.9. The number of sulfone groups is 1. The highest BCUT2D eigenvalue weighted by molar-refractivity contribution is 7.90. The maximum Gasteiger partial charge on any atom is 0.410 e. The van der Waals surface area contributed by atoms with Crippen molar-refractivity contribution in [2.45, 2.75) is 63.0 Å². The number of nitrogens with two attached hydrogens (primary N) is 1. The van der Waals surface area contributed by atoms with E-state index in [1.807, 2.05) is 30.6 Å². The molecule has 1 aromatic carbocycles. The molecule has 3 aliphatic heterocycles. The molecule has 0 bridgehead atoms. The lowest BCUT2D eigenvalue weighted by Gasteiger charge is -2.53. The highest BCUT2D eigenvalue weighted by Crippen LogP contribution is 2.41. The van der Waals surface area contributed by atoms with Gasteiger partial charge in [0.25, 0.3) is 5.91 Å². The zero-order valence-corrected chi connectivity index (χ0v) is 27.0. The van der Waals surface area contributed by atoms with Crippen molar-refractivity contribution in [1.82, 2.24) is 25.1 Å². The number of primary amides is 1. The molecule has 3 fully saturated rings. The predicted octanol–water partition coefficient (Wildman–Crippen LogP) is 2.73. The zero-order chi connectivity index (χ0) is 32.6. The van der Waals surface area contributed by atoms with Crippen LogP contribution in [0, 0.1) is 5.41 Å². The standard InChI is InChI=1S/C30H42N8O6S/c1-29(2,3)44-28(41)38-18-30(19-38)11-14-36(15-12-30)27(40)34-21-6-5-13-37(17-21)23-16-32-24(25(31)39)26(35-23)33-20-7-9-22(10-8-20)45(4,42)43/h7-10,16,21H,5-6,11-15,17-19H2,1-4H3,(H2,31,39)(H,33,35)(H,34,40). The molecule has 5 rings (SSSR count). The van der Waals surface area contributed by atoms with Crippen molar-refractivity contribution < 1.29 is 27.5 Å². The number of amides is 4. The number of hydrogen-bond acceptors (Lipinski definition) is 10. The Morgan fingerprint density at radius 2 is 1.71 bits per heavy atom. The molecular weight excluding hydrogens is 600 g/mol. The minimum Gasteiger partial charge on any atom is -0.444 e. The van der Waals surface area contributed by atoms with E-state index < -0.39 is 21.3 Å². The molecule has 3 saturated heterocycles. The number of rotatable bonds is 6. The van der Waals surface area contributed by atoms with Crippen molar-refractivity contribution in [3.8, 4) is 0 Å². The molecule has 4 amide bonds. The summed E-state index contributed by atoms with van der Waals surface area (Å²) < 4.78 is 29.1. The van der Waals surface area contributed by atoms with Gasteiger partial charge in [0.15, 0.2) is 21.3 Å². The van der Waals surface area contributed by atoms with Crippen LogP contribution in [-0.2, 0) is 14.6 Å². The number of aromatic nitrogens is 2. The van der Waals surface area contributed by atoms with Gasteiger partial charge in [0.2, 0.25) is 0 Å². The molecule has 1 unspecified atom stereocenters. The number of urea groups is 1. The molecule has 0 radical (unpaired) electrons. The van der Waals surface area contributed by atoms with E-state index in [0.717, 1.165) is 31.9 Å². The SMILES string of the molecule is CC(C)(C)OC(=O)N1CC2(CCN(C(=O)NC3CCCN(c4cnc(C(N)=O)c(Nc5ccc(S(C)(=O)=O)cc5)n4)C3)CC2)C1. The van der Waals surface area contributed by atoms with Gasteiger partial charge in [0.1, 0.15) is 11.4 Å². The molecule has 4 heterocycles. The van der Waals surface area contributed by atoms with E-state index in [4.69, 9.17) is 10.5 Å². The van der Waals surface area contributed by atoms with Crippen molar-refractivity contribution in [1.29, 1.82) is 0 Å². The molecule has 15 heteroatoms. The molecule has 45 heavy (non-hydrogen) atoms. The van der Waals surface area contributed by atoms with Crippen LogP contribution < -0.4 is 21.3 Å². The first kappa shape index (κ1) is 32.3. The second-order valence-corrected chi connectivity index (χ2v) is 15.3. The van der Waals surface area contributed by atoms with Crippen molar-refractivity contribution in [3.05, 3.63) is 36.2 Å². The Kier molecular flexibility index (Phi) is 8.84. The highest BCUT2D eigenvalue weighted by Gasteiger charge is 2.48. The summed E-state index contributed by atoms with van der Waals surface area (Å²) >= 11 is 0. The molecule has 14 nitrogen and oxygen atoms in total. The number of anilines is 3. The molecule has 0 aliphatic carbocycles. The van der Waals surface area contributed by atoms with Gasteiger partial charge in [0.05, 0.1) is 11.1 Å². The summed E-state index contributed by atoms with van der Waals surface area (Å²) in [4.78, 5) is 52.3. The van der Waals surface area contributed by atoms with Gasteiger partial charge in [-0.05, 0) is 70.7 Å². The van der Waals surface area contributed by atoms with Crippen molar-refractivity contribution in [2.24, 2.45) is 11.1 Å². The largest absolute Gasteiger partial charge is 0.444 e. The topological polar surface area (TPSA) is 180 Å². The van der Waals surface area contributed by atoms with Gasteiger partial charge in [-0.1, -0.05) is 0 Å². The lowest BCUT2D eigenvalue weighted by molar-refractivity contribution is -0.0551. The van der Waals surface area contributed by atoms with Gasteiger partial charge >= 0.3 is 12.1 Å². The lowest BCUT2D eigenvalue weighted by Crippen LogP contribution is -2.63. The van der Waals surface area contributed by atoms with Crippen LogP contribution in [0.3, 0.4) is 0 Å². The summed E-state index contributed by atoms with van der Waals surface area (Å²) in [6, 6.07) is 5.87. The third kappa shape index (κ3) is 7.75. The molecule has 0 saturated carbocycles. The highest BCUT2D eigenvalue weighted by atomic mass is 32.2. The Balaban J connectivity index is 1.16. The van der Waals surface area contributed by atoms with E-state index >= 15 is 0 Å². The van der Waals surface area contributed by atoms with E-state index in [-0.39, 0.29) is 40.0 Å². The van der Waals surface area contributed by atoms with Gasteiger partial charge in [0, 0.05) is 62.7 Å². The summed E-state index contributed by atoms with van der Waals surface area (Å²) in [5, 5.41) is 6.21. The number of benzene rings is 1. The first-order valence-corrected chi connectivity index (χ1v) is 17.0. The Morgan fingerprint density at radius 1 is 1.04 bits per heavy atom. The fourth-order valence-electron chi connectivity index (χ4n) is 6.01. The average molecular weight is 643 g/mol. The van der Waals surface area contributed by atoms with Crippen LogP contribution in [0.1, 0.15) is 56.9 Å². The van der Waals surface area contributed by atoms with Crippen LogP contribution in [0.4, 0.5) is 26.9 Å². The van der Waals surface area contributed by atoms with E-state index in [0.29, 0.717) is 50.8 Å². The third-order valence-electron chi connectivity index (χ3n) is 8.43. The first-order chi connectivity index (χ1) is 21.1. The van der Waals surface area contributed by atoms with Crippen molar-refractivity contribution in [3.63, 3.8) is 0 Å². The van der Waals surface area contributed by atoms with Gasteiger partial charge < -0.3 is 35.8 Å². The molecule has 4 N–H and O–H groups in total. The predicted molar refractivity (Wildman–Crippen MR) is 168 cm³/mol. The molecule has 1 atom stereocenters. The average Bonchev–Trinajstić information content (AvgIpc) is 2.95. The third-order valence-corrected chi connectivity index (χ3v) is 9.56. The summed E-state index contributed by atoms with van der Waals surface area (Å²) in [5.41, 5.74) is 5.54. The number of likely N-dealkylation sites (tertiary alicyclic amines) is 2. The van der Waals surface area contributed by atoms with Gasteiger partial charge in [-0.15, -0.1) is 0 Å². The number of carbonyl (C=O) groups is 3. The summed E-state index contributed by atoms with van der Waals surface area (Å²) in [7, 11) is -3.36. The Morgan fingerprint density at radius 3 is 2.31 bits per heavy atom. The Labute approximate surface area is 263 Å². The Bertz CT molecular complexity index is 1540. The van der Waals surface area contributed by atoms with Crippen LogP contribution in [0.5, 0.6) is 0 Å². The molecule has 244 valence electrons. The number of nitrogens with one attached hydrogen (secondary N) is 2. The molecule has 1 spiro atoms. The number of hydrogen-bond donors (Lipinski definition) is 3. The number of carbonyl (C=O) groups excluding carboxylic acids is 3. The first-order valence-electron chi connectivity index (χ1n) is 15.1. The van der Waals surface area contributed by atoms with E-state index in [1.54, 1.807) is 17.0 Å². The van der Waals surface area contributed by atoms with Gasteiger partial charge in [-0.3, -0.25) is 4.79 Å². The maximum absolute atomic E-state index is 13.2. The smallest absolute Gasteiger partial charge is 0.410 e. The Hall–Kier alpha value is -4.14. The second-order valence-electron chi connectivity index (χ2n) is 13.3. The van der Waals surface area contributed by atoms with Crippen LogP contribution in [0.15, 0.2) is 35.4 Å². The van der Waals surface area contributed by atoms with Crippen LogP contribution in [0.2, 0.25) is 0 Å². The second kappa shape index (κ2) is 12.3.